The molecular weight excluding hydrogens is 190 g/mol. The highest BCUT2D eigenvalue weighted by Crippen LogP contribution is 2.35. The highest BCUT2D eigenvalue weighted by Gasteiger charge is 2.34. The van der Waals surface area contributed by atoms with E-state index in [-0.39, 0.29) is 5.60 Å². The van der Waals surface area contributed by atoms with Crippen LogP contribution in [0.4, 0.5) is 0 Å². The zero-order valence-electron chi connectivity index (χ0n) is 10.1. The maximum Gasteiger partial charge on any atom is 0.0805 e. The van der Waals surface area contributed by atoms with Crippen molar-refractivity contribution in [3.05, 3.63) is 0 Å². The van der Waals surface area contributed by atoms with Gasteiger partial charge in [-0.15, -0.1) is 0 Å². The van der Waals surface area contributed by atoms with Gasteiger partial charge in [0.1, 0.15) is 0 Å². The number of hydrogen-bond donors (Lipinski definition) is 1. The monoisotopic (exact) mass is 215 g/mol. The van der Waals surface area contributed by atoms with Crippen LogP contribution in [0.1, 0.15) is 39.0 Å². The summed E-state index contributed by atoms with van der Waals surface area (Å²) in [5, 5.41) is 0. The van der Waals surface area contributed by atoms with Crippen molar-refractivity contribution in [3.8, 4) is 0 Å². The standard InChI is InChI=1S/C12H25NO2/c1-3-11-4-6-12(10-13,7-5-11)15-9-8-14-2/h11H,3-10,13H2,1-2H3. The molecule has 15 heavy (non-hydrogen) atoms. The topological polar surface area (TPSA) is 44.5 Å². The average Bonchev–Trinajstić information content (AvgIpc) is 2.30. The van der Waals surface area contributed by atoms with E-state index in [2.05, 4.69) is 6.92 Å². The van der Waals surface area contributed by atoms with Gasteiger partial charge in [-0.25, -0.2) is 0 Å². The lowest BCUT2D eigenvalue weighted by Gasteiger charge is -2.39. The molecule has 0 aromatic rings. The molecule has 1 aliphatic carbocycles. The Morgan fingerprint density at radius 3 is 2.40 bits per heavy atom. The first-order chi connectivity index (χ1) is 7.26. The second kappa shape index (κ2) is 6.46. The zero-order valence-corrected chi connectivity index (χ0v) is 10.1. The van der Waals surface area contributed by atoms with Crippen molar-refractivity contribution in [2.45, 2.75) is 44.6 Å². The summed E-state index contributed by atoms with van der Waals surface area (Å²) >= 11 is 0. The Morgan fingerprint density at radius 1 is 1.27 bits per heavy atom. The van der Waals surface area contributed by atoms with E-state index in [1.54, 1.807) is 7.11 Å². The molecule has 1 saturated carbocycles. The third kappa shape index (κ3) is 3.74. The fourth-order valence-corrected chi connectivity index (χ4v) is 2.36. The lowest BCUT2D eigenvalue weighted by atomic mass is 9.77. The van der Waals surface area contributed by atoms with Gasteiger partial charge in [0.15, 0.2) is 0 Å². The summed E-state index contributed by atoms with van der Waals surface area (Å²) in [5.41, 5.74) is 5.79. The van der Waals surface area contributed by atoms with Crippen molar-refractivity contribution < 1.29 is 9.47 Å². The van der Waals surface area contributed by atoms with Crippen molar-refractivity contribution in [2.75, 3.05) is 26.9 Å². The SMILES string of the molecule is CCC1CCC(CN)(OCCOC)CC1. The van der Waals surface area contributed by atoms with Crippen molar-refractivity contribution in [3.63, 3.8) is 0 Å². The normalized spacial score (nSPS) is 31.8. The van der Waals surface area contributed by atoms with Gasteiger partial charge in [-0.05, 0) is 31.6 Å². The molecule has 0 radical (unpaired) electrons. The first-order valence-corrected chi connectivity index (χ1v) is 6.09. The summed E-state index contributed by atoms with van der Waals surface area (Å²) in [5.74, 6) is 0.885. The molecule has 0 aromatic carbocycles. The van der Waals surface area contributed by atoms with E-state index in [9.17, 15) is 0 Å². The number of nitrogens with two attached hydrogens (primary N) is 1. The van der Waals surface area contributed by atoms with Gasteiger partial charge in [0, 0.05) is 13.7 Å². The number of hydrogen-bond acceptors (Lipinski definition) is 3. The molecule has 0 heterocycles. The van der Waals surface area contributed by atoms with Gasteiger partial charge in [-0.3, -0.25) is 0 Å². The van der Waals surface area contributed by atoms with Gasteiger partial charge in [0.25, 0.3) is 0 Å². The van der Waals surface area contributed by atoms with Crippen LogP contribution in [-0.2, 0) is 9.47 Å². The molecule has 0 spiro atoms. The fraction of sp³-hybridized carbons (Fsp3) is 1.00. The molecule has 0 atom stereocenters. The van der Waals surface area contributed by atoms with E-state index >= 15 is 0 Å². The van der Waals surface area contributed by atoms with Crippen LogP contribution in [0.3, 0.4) is 0 Å². The maximum atomic E-state index is 5.90. The largest absolute Gasteiger partial charge is 0.382 e. The van der Waals surface area contributed by atoms with E-state index in [0.717, 1.165) is 18.8 Å². The predicted octanol–water partition coefficient (Wildman–Crippen LogP) is 1.95. The van der Waals surface area contributed by atoms with Crippen LogP contribution in [0.5, 0.6) is 0 Å². The van der Waals surface area contributed by atoms with Crippen molar-refractivity contribution in [1.29, 1.82) is 0 Å². The molecule has 0 bridgehead atoms. The molecule has 90 valence electrons. The van der Waals surface area contributed by atoms with Crippen LogP contribution in [0.2, 0.25) is 0 Å². The molecule has 2 N–H and O–H groups in total. The lowest BCUT2D eigenvalue weighted by Crippen LogP contribution is -2.44. The van der Waals surface area contributed by atoms with Crippen LogP contribution in [0, 0.1) is 5.92 Å². The molecule has 3 heteroatoms. The van der Waals surface area contributed by atoms with Gasteiger partial charge in [0.2, 0.25) is 0 Å². The summed E-state index contributed by atoms with van der Waals surface area (Å²) < 4.78 is 10.9. The smallest absolute Gasteiger partial charge is 0.0805 e. The highest BCUT2D eigenvalue weighted by molar-refractivity contribution is 4.88. The Balaban J connectivity index is 2.34. The van der Waals surface area contributed by atoms with Crippen molar-refractivity contribution in [2.24, 2.45) is 11.7 Å². The summed E-state index contributed by atoms with van der Waals surface area (Å²) in [6.07, 6.45) is 6.05. The van der Waals surface area contributed by atoms with Crippen LogP contribution in [-0.4, -0.2) is 32.5 Å². The van der Waals surface area contributed by atoms with E-state index in [4.69, 9.17) is 15.2 Å². The minimum atomic E-state index is -0.0514. The minimum Gasteiger partial charge on any atom is -0.382 e. The van der Waals surface area contributed by atoms with Gasteiger partial charge < -0.3 is 15.2 Å². The zero-order chi connectivity index (χ0) is 11.1. The molecule has 1 aliphatic rings. The Bertz CT molecular complexity index is 159. The summed E-state index contributed by atoms with van der Waals surface area (Å²) in [4.78, 5) is 0. The van der Waals surface area contributed by atoms with E-state index in [1.807, 2.05) is 0 Å². The third-order valence-electron chi connectivity index (χ3n) is 3.66. The number of ether oxygens (including phenoxy) is 2. The Labute approximate surface area is 93.3 Å². The molecule has 0 aliphatic heterocycles. The minimum absolute atomic E-state index is 0.0514. The Hall–Kier alpha value is -0.120. The van der Waals surface area contributed by atoms with Gasteiger partial charge >= 0.3 is 0 Å². The van der Waals surface area contributed by atoms with Gasteiger partial charge in [-0.1, -0.05) is 13.3 Å². The van der Waals surface area contributed by atoms with Crippen molar-refractivity contribution in [1.82, 2.24) is 0 Å². The molecule has 3 nitrogen and oxygen atoms in total. The van der Waals surface area contributed by atoms with Crippen molar-refractivity contribution >= 4 is 0 Å². The Kier molecular flexibility index (Phi) is 5.58. The summed E-state index contributed by atoms with van der Waals surface area (Å²) in [6.45, 7) is 4.25. The third-order valence-corrected chi connectivity index (χ3v) is 3.66. The first kappa shape index (κ1) is 12.9. The fourth-order valence-electron chi connectivity index (χ4n) is 2.36. The first-order valence-electron chi connectivity index (χ1n) is 6.09. The lowest BCUT2D eigenvalue weighted by molar-refractivity contribution is -0.0847. The van der Waals surface area contributed by atoms with Crippen LogP contribution in [0.15, 0.2) is 0 Å². The molecule has 1 rings (SSSR count). The van der Waals surface area contributed by atoms with E-state index in [1.165, 1.54) is 19.3 Å². The second-order valence-corrected chi connectivity index (χ2v) is 4.58. The molecule has 0 unspecified atom stereocenters. The van der Waals surface area contributed by atoms with Crippen LogP contribution < -0.4 is 5.73 Å². The summed E-state index contributed by atoms with van der Waals surface area (Å²) in [6, 6.07) is 0. The average molecular weight is 215 g/mol. The highest BCUT2D eigenvalue weighted by atomic mass is 16.5. The Morgan fingerprint density at radius 2 is 1.93 bits per heavy atom. The molecule has 0 saturated heterocycles. The molecule has 0 aromatic heterocycles. The van der Waals surface area contributed by atoms with Crippen LogP contribution in [0.25, 0.3) is 0 Å². The number of methoxy groups -OCH3 is 1. The van der Waals surface area contributed by atoms with E-state index in [0.29, 0.717) is 19.8 Å². The molecular formula is C12H25NO2. The molecule has 1 fully saturated rings. The van der Waals surface area contributed by atoms with Crippen LogP contribution >= 0.6 is 0 Å². The predicted molar refractivity (Wildman–Crippen MR) is 61.9 cm³/mol. The quantitative estimate of drug-likeness (QED) is 0.689. The van der Waals surface area contributed by atoms with Gasteiger partial charge in [0.05, 0.1) is 18.8 Å². The summed E-state index contributed by atoms with van der Waals surface area (Å²) in [7, 11) is 1.70. The van der Waals surface area contributed by atoms with E-state index < -0.39 is 0 Å². The second-order valence-electron chi connectivity index (χ2n) is 4.58. The molecule has 0 amide bonds. The maximum absolute atomic E-state index is 5.90. The number of rotatable bonds is 6. The van der Waals surface area contributed by atoms with Gasteiger partial charge in [-0.2, -0.15) is 0 Å².